The number of nitrogens with zero attached hydrogens (tertiary/aromatic N) is 3. The van der Waals surface area contributed by atoms with Crippen LogP contribution in [0, 0.1) is 11.8 Å². The predicted octanol–water partition coefficient (Wildman–Crippen LogP) is 3.82. The number of nitrogens with one attached hydrogen (secondary N) is 1. The number of sulfonamides is 1. The fourth-order valence-electron chi connectivity index (χ4n) is 4.05. The van der Waals surface area contributed by atoms with Gasteiger partial charge >= 0.3 is 6.09 Å². The minimum atomic E-state index is -4.00. The predicted molar refractivity (Wildman–Crippen MR) is 143 cm³/mol. The maximum atomic E-state index is 13.6. The van der Waals surface area contributed by atoms with Gasteiger partial charge in [0.05, 0.1) is 17.0 Å². The van der Waals surface area contributed by atoms with E-state index in [1.165, 1.54) is 16.4 Å². The molecule has 0 saturated carbocycles. The van der Waals surface area contributed by atoms with Gasteiger partial charge in [0.15, 0.2) is 0 Å². The van der Waals surface area contributed by atoms with Crippen LogP contribution in [0.2, 0.25) is 0 Å². The van der Waals surface area contributed by atoms with E-state index in [0.29, 0.717) is 29.6 Å². The van der Waals surface area contributed by atoms with Gasteiger partial charge < -0.3 is 20.1 Å². The fraction of sp³-hybridized carbons (Fsp3) is 0.444. The summed E-state index contributed by atoms with van der Waals surface area (Å²) < 4.78 is 33.7. The molecule has 206 valence electrons. The summed E-state index contributed by atoms with van der Waals surface area (Å²) in [5.41, 5.74) is 1.43. The lowest BCUT2D eigenvalue weighted by Gasteiger charge is -2.30. The highest BCUT2D eigenvalue weighted by Gasteiger charge is 2.31. The SMILES string of the molecule is CC(C)Cc1nc(-c2ccc(S(=O)(=O)N(CC(C)C)C[C@H](O)[C@H](Cc3ccccc3)NC(=O)O)cc2)no1. The summed E-state index contributed by atoms with van der Waals surface area (Å²) in [6, 6.07) is 14.4. The lowest BCUT2D eigenvalue weighted by Crippen LogP contribution is -2.50. The molecular weight excluding hydrogens is 508 g/mol. The van der Waals surface area contributed by atoms with Gasteiger partial charge in [-0.25, -0.2) is 13.2 Å². The van der Waals surface area contributed by atoms with E-state index < -0.39 is 28.3 Å². The van der Waals surface area contributed by atoms with E-state index in [0.717, 1.165) is 5.56 Å². The Balaban J connectivity index is 1.81. The molecule has 1 heterocycles. The van der Waals surface area contributed by atoms with Gasteiger partial charge in [0, 0.05) is 25.1 Å². The molecule has 2 atom stereocenters. The van der Waals surface area contributed by atoms with Crippen LogP contribution in [0.3, 0.4) is 0 Å². The first-order valence-electron chi connectivity index (χ1n) is 12.6. The van der Waals surface area contributed by atoms with Gasteiger partial charge in [-0.3, -0.25) is 0 Å². The van der Waals surface area contributed by atoms with E-state index in [9.17, 15) is 23.4 Å². The number of carbonyl (C=O) groups is 1. The number of benzene rings is 2. The van der Waals surface area contributed by atoms with Gasteiger partial charge in [-0.05, 0) is 48.1 Å². The second-order valence-electron chi connectivity index (χ2n) is 10.2. The maximum Gasteiger partial charge on any atom is 0.404 e. The molecule has 0 aliphatic heterocycles. The number of carboxylic acid groups (broad SMARTS) is 1. The van der Waals surface area contributed by atoms with E-state index in [1.807, 2.05) is 58.0 Å². The van der Waals surface area contributed by atoms with E-state index >= 15 is 0 Å². The smallest absolute Gasteiger partial charge is 0.404 e. The topological polar surface area (TPSA) is 146 Å². The number of amides is 1. The minimum absolute atomic E-state index is 0.0324. The fourth-order valence-corrected chi connectivity index (χ4v) is 5.67. The summed E-state index contributed by atoms with van der Waals surface area (Å²) in [5, 5.41) is 26.7. The largest absolute Gasteiger partial charge is 0.465 e. The normalized spacial score (nSPS) is 13.7. The molecule has 10 nitrogen and oxygen atoms in total. The molecule has 0 radical (unpaired) electrons. The monoisotopic (exact) mass is 544 g/mol. The second-order valence-corrected chi connectivity index (χ2v) is 12.1. The van der Waals surface area contributed by atoms with Crippen LogP contribution in [-0.2, 0) is 22.9 Å². The van der Waals surface area contributed by atoms with Crippen LogP contribution < -0.4 is 5.32 Å². The van der Waals surface area contributed by atoms with Gasteiger partial charge in [0.2, 0.25) is 21.7 Å². The van der Waals surface area contributed by atoms with Gasteiger partial charge in [-0.2, -0.15) is 9.29 Å². The Morgan fingerprint density at radius 3 is 2.21 bits per heavy atom. The maximum absolute atomic E-state index is 13.6. The van der Waals surface area contributed by atoms with Crippen LogP contribution in [0.5, 0.6) is 0 Å². The highest BCUT2D eigenvalue weighted by Crippen LogP contribution is 2.23. The van der Waals surface area contributed by atoms with Crippen molar-refractivity contribution in [1.29, 1.82) is 0 Å². The molecule has 0 aliphatic rings. The number of hydrogen-bond donors (Lipinski definition) is 3. The van der Waals surface area contributed by atoms with Crippen LogP contribution in [0.25, 0.3) is 11.4 Å². The summed E-state index contributed by atoms with van der Waals surface area (Å²) in [5.74, 6) is 1.22. The number of hydrogen-bond acceptors (Lipinski definition) is 7. The third kappa shape index (κ3) is 8.11. The molecule has 1 aromatic heterocycles. The van der Waals surface area contributed by atoms with Gasteiger partial charge in [-0.1, -0.05) is 63.2 Å². The Kier molecular flexibility index (Phi) is 10.0. The molecule has 38 heavy (non-hydrogen) atoms. The third-order valence-electron chi connectivity index (χ3n) is 5.83. The highest BCUT2D eigenvalue weighted by atomic mass is 32.2. The van der Waals surface area contributed by atoms with Crippen molar-refractivity contribution >= 4 is 16.1 Å². The summed E-state index contributed by atoms with van der Waals surface area (Å²) in [4.78, 5) is 15.8. The van der Waals surface area contributed by atoms with Crippen LogP contribution in [-0.4, -0.2) is 64.4 Å². The molecule has 3 aromatic rings. The molecule has 0 bridgehead atoms. The van der Waals surface area contributed by atoms with Crippen LogP contribution in [0.15, 0.2) is 64.0 Å². The van der Waals surface area contributed by atoms with E-state index in [1.54, 1.807) is 12.1 Å². The van der Waals surface area contributed by atoms with Crippen molar-refractivity contribution in [2.75, 3.05) is 13.1 Å². The lowest BCUT2D eigenvalue weighted by atomic mass is 10.0. The molecule has 0 fully saturated rings. The van der Waals surface area contributed by atoms with Gasteiger partial charge in [0.1, 0.15) is 0 Å². The van der Waals surface area contributed by atoms with Crippen molar-refractivity contribution in [3.8, 4) is 11.4 Å². The molecule has 0 aliphatic carbocycles. The highest BCUT2D eigenvalue weighted by molar-refractivity contribution is 7.89. The average Bonchev–Trinajstić information content (AvgIpc) is 3.31. The standard InChI is InChI=1S/C27H36N4O6S/c1-18(2)14-25-29-26(30-37-25)21-10-12-22(13-11-21)38(35,36)31(16-19(3)4)17-24(32)23(28-27(33)34)15-20-8-6-5-7-9-20/h5-13,18-19,23-24,28,32H,14-17H2,1-4H3,(H,33,34)/t23-,24-/m0/s1. The number of rotatable bonds is 13. The lowest BCUT2D eigenvalue weighted by molar-refractivity contribution is 0.0980. The zero-order chi connectivity index (χ0) is 27.9. The van der Waals surface area contributed by atoms with Crippen molar-refractivity contribution in [3.63, 3.8) is 0 Å². The Morgan fingerprint density at radius 1 is 0.974 bits per heavy atom. The van der Waals surface area contributed by atoms with Gasteiger partial charge in [-0.15, -0.1) is 0 Å². The number of aliphatic hydroxyl groups is 1. The van der Waals surface area contributed by atoms with Crippen molar-refractivity contribution in [2.24, 2.45) is 11.8 Å². The Bertz CT molecular complexity index is 1280. The van der Waals surface area contributed by atoms with Crippen molar-refractivity contribution in [2.45, 2.75) is 57.6 Å². The first-order valence-corrected chi connectivity index (χ1v) is 14.0. The first-order chi connectivity index (χ1) is 18.0. The zero-order valence-electron chi connectivity index (χ0n) is 22.1. The summed E-state index contributed by atoms with van der Waals surface area (Å²) >= 11 is 0. The van der Waals surface area contributed by atoms with Gasteiger partial charge in [0.25, 0.3) is 0 Å². The molecule has 0 unspecified atom stereocenters. The molecule has 1 amide bonds. The third-order valence-corrected chi connectivity index (χ3v) is 7.68. The molecule has 11 heteroatoms. The van der Waals surface area contributed by atoms with Crippen LogP contribution >= 0.6 is 0 Å². The zero-order valence-corrected chi connectivity index (χ0v) is 22.9. The number of aliphatic hydroxyl groups excluding tert-OH is 1. The molecule has 0 saturated heterocycles. The minimum Gasteiger partial charge on any atom is -0.465 e. The Labute approximate surface area is 223 Å². The Hall–Kier alpha value is -3.28. The number of aromatic nitrogens is 2. The summed E-state index contributed by atoms with van der Waals surface area (Å²) in [6.45, 7) is 7.72. The van der Waals surface area contributed by atoms with E-state index in [4.69, 9.17) is 4.52 Å². The molecule has 0 spiro atoms. The first kappa shape index (κ1) is 29.3. The molecule has 3 N–H and O–H groups in total. The van der Waals surface area contributed by atoms with Crippen LogP contribution in [0.1, 0.15) is 39.1 Å². The van der Waals surface area contributed by atoms with Crippen LogP contribution in [0.4, 0.5) is 4.79 Å². The molecule has 3 rings (SSSR count). The van der Waals surface area contributed by atoms with Crippen molar-refractivity contribution < 1.29 is 27.9 Å². The summed E-state index contributed by atoms with van der Waals surface area (Å²) in [7, 11) is -4.00. The second kappa shape index (κ2) is 13.0. The molecule has 2 aromatic carbocycles. The van der Waals surface area contributed by atoms with E-state index in [2.05, 4.69) is 15.5 Å². The Morgan fingerprint density at radius 2 is 1.63 bits per heavy atom. The van der Waals surface area contributed by atoms with Crippen molar-refractivity contribution in [1.82, 2.24) is 19.8 Å². The van der Waals surface area contributed by atoms with E-state index in [-0.39, 0.29) is 30.3 Å². The summed E-state index contributed by atoms with van der Waals surface area (Å²) in [6.07, 6.45) is -1.72. The van der Waals surface area contributed by atoms with Crippen molar-refractivity contribution in [3.05, 3.63) is 66.1 Å². The average molecular weight is 545 g/mol. The molecular formula is C27H36N4O6S. The quantitative estimate of drug-likeness (QED) is 0.294.